The van der Waals surface area contributed by atoms with Crippen LogP contribution in [0.2, 0.25) is 0 Å². The van der Waals surface area contributed by atoms with Gasteiger partial charge in [-0.3, -0.25) is 4.40 Å². The van der Waals surface area contributed by atoms with Crippen LogP contribution in [0.4, 0.5) is 0 Å². The van der Waals surface area contributed by atoms with E-state index in [1.165, 1.54) is 0 Å². The first-order valence-electron chi connectivity index (χ1n) is 4.86. The molecule has 82 valence electrons. The van der Waals surface area contributed by atoms with Gasteiger partial charge in [-0.2, -0.15) is 0 Å². The fourth-order valence-electron chi connectivity index (χ4n) is 1.86. The first kappa shape index (κ1) is 10.6. The van der Waals surface area contributed by atoms with Gasteiger partial charge in [0.15, 0.2) is 4.96 Å². The van der Waals surface area contributed by atoms with Gasteiger partial charge in [-0.05, 0) is 6.92 Å². The van der Waals surface area contributed by atoms with E-state index in [-0.39, 0.29) is 6.61 Å². The van der Waals surface area contributed by atoms with Crippen molar-refractivity contribution in [2.24, 2.45) is 5.73 Å². The largest absolute Gasteiger partial charge is 0.395 e. The minimum absolute atomic E-state index is 0.0357. The first-order valence-corrected chi connectivity index (χ1v) is 5.74. The third-order valence-corrected chi connectivity index (χ3v) is 3.56. The first-order chi connectivity index (χ1) is 7.12. The molecule has 2 heterocycles. The van der Waals surface area contributed by atoms with Gasteiger partial charge in [0, 0.05) is 23.5 Å². The van der Waals surface area contributed by atoms with E-state index in [0.717, 1.165) is 16.3 Å². The highest BCUT2D eigenvalue weighted by molar-refractivity contribution is 7.15. The molecule has 0 bridgehead atoms. The lowest BCUT2D eigenvalue weighted by molar-refractivity contribution is 0.206. The van der Waals surface area contributed by atoms with Crippen molar-refractivity contribution in [3.8, 4) is 0 Å². The second-order valence-electron chi connectivity index (χ2n) is 4.02. The zero-order valence-electron chi connectivity index (χ0n) is 8.90. The van der Waals surface area contributed by atoms with Crippen LogP contribution in [0.3, 0.4) is 0 Å². The Kier molecular flexibility index (Phi) is 2.54. The van der Waals surface area contributed by atoms with Crippen LogP contribution < -0.4 is 5.73 Å². The number of aryl methyl sites for hydroxylation is 1. The van der Waals surface area contributed by atoms with Gasteiger partial charge < -0.3 is 10.8 Å². The zero-order valence-corrected chi connectivity index (χ0v) is 9.71. The molecule has 2 rings (SSSR count). The lowest BCUT2D eigenvalue weighted by atomic mass is 9.86. The van der Waals surface area contributed by atoms with Gasteiger partial charge in [0.1, 0.15) is 0 Å². The number of aromatic nitrogens is 2. The molecular weight excluding hydrogens is 210 g/mol. The Morgan fingerprint density at radius 3 is 3.00 bits per heavy atom. The number of nitrogens with zero attached hydrogens (tertiary/aromatic N) is 2. The molecule has 3 N–H and O–H groups in total. The van der Waals surface area contributed by atoms with Crippen molar-refractivity contribution in [2.45, 2.75) is 19.3 Å². The second-order valence-corrected chi connectivity index (χ2v) is 4.90. The monoisotopic (exact) mass is 225 g/mol. The maximum Gasteiger partial charge on any atom is 0.194 e. The summed E-state index contributed by atoms with van der Waals surface area (Å²) in [5, 5.41) is 11.4. The summed E-state index contributed by atoms with van der Waals surface area (Å²) < 4.78 is 2.02. The molecule has 1 unspecified atom stereocenters. The van der Waals surface area contributed by atoms with Crippen LogP contribution in [0, 0.1) is 6.92 Å². The SMILES string of the molecule is Cc1nc2sccn2c1C(C)(CN)CO. The van der Waals surface area contributed by atoms with Gasteiger partial charge in [-0.25, -0.2) is 4.98 Å². The molecule has 0 aliphatic heterocycles. The molecule has 0 saturated carbocycles. The molecule has 0 aliphatic carbocycles. The Bertz CT molecular complexity index is 470. The van der Waals surface area contributed by atoms with Crippen LogP contribution in [0.5, 0.6) is 0 Å². The van der Waals surface area contributed by atoms with Gasteiger partial charge in [0.25, 0.3) is 0 Å². The van der Waals surface area contributed by atoms with Crippen LogP contribution in [0.1, 0.15) is 18.3 Å². The lowest BCUT2D eigenvalue weighted by Crippen LogP contribution is -2.37. The van der Waals surface area contributed by atoms with Crippen LogP contribution in [0.15, 0.2) is 11.6 Å². The minimum Gasteiger partial charge on any atom is -0.395 e. The van der Waals surface area contributed by atoms with Crippen molar-refractivity contribution in [1.82, 2.24) is 9.38 Å². The number of aliphatic hydroxyl groups excluding tert-OH is 1. The summed E-state index contributed by atoms with van der Waals surface area (Å²) in [5.41, 5.74) is 7.29. The van der Waals surface area contributed by atoms with E-state index in [1.807, 2.05) is 29.8 Å². The van der Waals surface area contributed by atoms with E-state index in [2.05, 4.69) is 4.98 Å². The van der Waals surface area contributed by atoms with E-state index < -0.39 is 5.41 Å². The zero-order chi connectivity index (χ0) is 11.1. The van der Waals surface area contributed by atoms with Crippen molar-refractivity contribution in [3.63, 3.8) is 0 Å². The Hall–Kier alpha value is -0.910. The third-order valence-electron chi connectivity index (χ3n) is 2.81. The maximum absolute atomic E-state index is 9.46. The summed E-state index contributed by atoms with van der Waals surface area (Å²) in [6.45, 7) is 4.36. The molecule has 4 nitrogen and oxygen atoms in total. The highest BCUT2D eigenvalue weighted by Crippen LogP contribution is 2.28. The summed E-state index contributed by atoms with van der Waals surface area (Å²) in [6, 6.07) is 0. The summed E-state index contributed by atoms with van der Waals surface area (Å²) >= 11 is 1.59. The molecule has 0 radical (unpaired) electrons. The average molecular weight is 225 g/mol. The van der Waals surface area contributed by atoms with Gasteiger partial charge in [0.05, 0.1) is 18.0 Å². The van der Waals surface area contributed by atoms with E-state index in [9.17, 15) is 5.11 Å². The standard InChI is InChI=1S/C10H15N3OS/c1-7-8(10(2,5-11)6-14)13-3-4-15-9(13)12-7/h3-4,14H,5-6,11H2,1-2H3. The Morgan fingerprint density at radius 2 is 2.40 bits per heavy atom. The molecule has 0 aliphatic rings. The number of fused-ring (bicyclic) bond motifs is 1. The molecule has 0 saturated heterocycles. The highest BCUT2D eigenvalue weighted by atomic mass is 32.1. The summed E-state index contributed by atoms with van der Waals surface area (Å²) in [4.78, 5) is 5.40. The molecule has 0 spiro atoms. The number of imidazole rings is 1. The number of aliphatic hydroxyl groups is 1. The molecule has 2 aromatic rings. The Labute approximate surface area is 92.4 Å². The van der Waals surface area contributed by atoms with Crippen LogP contribution in [0.25, 0.3) is 4.96 Å². The normalized spacial score (nSPS) is 15.7. The van der Waals surface area contributed by atoms with Gasteiger partial charge in [0.2, 0.25) is 0 Å². The molecule has 0 amide bonds. The van der Waals surface area contributed by atoms with E-state index >= 15 is 0 Å². The topological polar surface area (TPSA) is 63.5 Å². The minimum atomic E-state index is -0.412. The molecule has 5 heteroatoms. The van der Waals surface area contributed by atoms with Crippen LogP contribution >= 0.6 is 11.3 Å². The predicted octanol–water partition coefficient (Wildman–Crippen LogP) is 0.913. The number of hydrogen-bond donors (Lipinski definition) is 2. The van der Waals surface area contributed by atoms with Crippen LogP contribution in [-0.2, 0) is 5.41 Å². The fourth-order valence-corrected chi connectivity index (χ4v) is 2.62. The number of thiazole rings is 1. The summed E-state index contributed by atoms with van der Waals surface area (Å²) in [7, 11) is 0. The van der Waals surface area contributed by atoms with E-state index in [1.54, 1.807) is 11.3 Å². The van der Waals surface area contributed by atoms with E-state index in [0.29, 0.717) is 6.54 Å². The summed E-state index contributed by atoms with van der Waals surface area (Å²) in [5.74, 6) is 0. The molecule has 2 aromatic heterocycles. The van der Waals surface area contributed by atoms with Crippen molar-refractivity contribution in [1.29, 1.82) is 0 Å². The number of hydrogen-bond acceptors (Lipinski definition) is 4. The van der Waals surface area contributed by atoms with Gasteiger partial charge >= 0.3 is 0 Å². The molecule has 0 fully saturated rings. The van der Waals surface area contributed by atoms with Crippen molar-refractivity contribution in [3.05, 3.63) is 23.0 Å². The quantitative estimate of drug-likeness (QED) is 0.816. The Morgan fingerprint density at radius 1 is 1.67 bits per heavy atom. The van der Waals surface area contributed by atoms with Crippen LogP contribution in [-0.4, -0.2) is 27.6 Å². The van der Waals surface area contributed by atoms with Crippen molar-refractivity contribution < 1.29 is 5.11 Å². The lowest BCUT2D eigenvalue weighted by Gasteiger charge is -2.25. The average Bonchev–Trinajstić information content (AvgIpc) is 2.76. The smallest absolute Gasteiger partial charge is 0.194 e. The van der Waals surface area contributed by atoms with Gasteiger partial charge in [-0.1, -0.05) is 6.92 Å². The van der Waals surface area contributed by atoms with Crippen molar-refractivity contribution >= 4 is 16.3 Å². The Balaban J connectivity index is 2.67. The third kappa shape index (κ3) is 1.47. The molecular formula is C10H15N3OS. The molecule has 0 aromatic carbocycles. The fraction of sp³-hybridized carbons (Fsp3) is 0.500. The molecule has 1 atom stereocenters. The van der Waals surface area contributed by atoms with Crippen molar-refractivity contribution in [2.75, 3.05) is 13.2 Å². The van der Waals surface area contributed by atoms with E-state index in [4.69, 9.17) is 5.73 Å². The maximum atomic E-state index is 9.46. The predicted molar refractivity (Wildman–Crippen MR) is 61.3 cm³/mol. The number of nitrogens with two attached hydrogens (primary N) is 1. The van der Waals surface area contributed by atoms with Gasteiger partial charge in [-0.15, -0.1) is 11.3 Å². The second kappa shape index (κ2) is 3.59. The summed E-state index contributed by atoms with van der Waals surface area (Å²) in [6.07, 6.45) is 1.97. The highest BCUT2D eigenvalue weighted by Gasteiger charge is 2.30. The molecule has 15 heavy (non-hydrogen) atoms. The number of rotatable bonds is 3.